The molecule has 5 nitrogen and oxygen atoms in total. The van der Waals surface area contributed by atoms with Crippen LogP contribution >= 0.6 is 0 Å². The van der Waals surface area contributed by atoms with Gasteiger partial charge in [-0.05, 0) is 43.5 Å². The molecule has 3 aliphatic rings. The number of aromatic nitrogens is 1. The Morgan fingerprint density at radius 2 is 2.15 bits per heavy atom. The maximum absolute atomic E-state index is 13.6. The topological polar surface area (TPSA) is 45.7 Å². The smallest absolute Gasteiger partial charge is 0.243 e. The van der Waals surface area contributed by atoms with Gasteiger partial charge in [0.05, 0.1) is 7.11 Å². The van der Waals surface area contributed by atoms with Gasteiger partial charge in [0.2, 0.25) is 5.91 Å². The van der Waals surface area contributed by atoms with Crippen molar-refractivity contribution < 1.29 is 9.53 Å². The molecule has 140 valence electrons. The Bertz CT molecular complexity index is 856. The van der Waals surface area contributed by atoms with Crippen LogP contribution in [-0.4, -0.2) is 46.4 Å². The van der Waals surface area contributed by atoms with E-state index >= 15 is 0 Å². The van der Waals surface area contributed by atoms with Gasteiger partial charge in [0, 0.05) is 43.0 Å². The SMILES string of the molecule is COc1ccccc1CN1C[C@@H]2C[C@@H](c3cccnc3)N3CCC[C@@]23C1=O. The molecule has 4 heterocycles. The van der Waals surface area contributed by atoms with Crippen LogP contribution in [0.4, 0.5) is 0 Å². The minimum atomic E-state index is -0.303. The molecule has 3 fully saturated rings. The van der Waals surface area contributed by atoms with E-state index in [1.165, 1.54) is 5.56 Å². The van der Waals surface area contributed by atoms with Crippen LogP contribution in [-0.2, 0) is 11.3 Å². The highest BCUT2D eigenvalue weighted by Crippen LogP contribution is 2.56. The van der Waals surface area contributed by atoms with E-state index < -0.39 is 0 Å². The molecule has 5 heteroatoms. The van der Waals surface area contributed by atoms with Gasteiger partial charge in [0.25, 0.3) is 0 Å². The maximum Gasteiger partial charge on any atom is 0.243 e. The van der Waals surface area contributed by atoms with Gasteiger partial charge in [-0.15, -0.1) is 0 Å². The average molecular weight is 363 g/mol. The molecule has 1 aromatic heterocycles. The molecule has 1 amide bonds. The lowest BCUT2D eigenvalue weighted by Gasteiger charge is -2.33. The second kappa shape index (κ2) is 6.34. The summed E-state index contributed by atoms with van der Waals surface area (Å²) >= 11 is 0. The number of para-hydroxylation sites is 1. The van der Waals surface area contributed by atoms with E-state index in [0.29, 0.717) is 24.4 Å². The van der Waals surface area contributed by atoms with Crippen molar-refractivity contribution in [2.75, 3.05) is 20.2 Å². The lowest BCUT2D eigenvalue weighted by Crippen LogP contribution is -2.49. The monoisotopic (exact) mass is 363 g/mol. The van der Waals surface area contributed by atoms with Gasteiger partial charge in [0.15, 0.2) is 0 Å². The molecule has 0 radical (unpaired) electrons. The van der Waals surface area contributed by atoms with E-state index in [-0.39, 0.29) is 5.54 Å². The number of rotatable bonds is 4. The summed E-state index contributed by atoms with van der Waals surface area (Å²) in [4.78, 5) is 22.4. The van der Waals surface area contributed by atoms with Crippen molar-refractivity contribution in [3.63, 3.8) is 0 Å². The molecule has 2 aromatic rings. The first-order valence-corrected chi connectivity index (χ1v) is 9.82. The lowest BCUT2D eigenvalue weighted by molar-refractivity contribution is -0.137. The summed E-state index contributed by atoms with van der Waals surface area (Å²) in [7, 11) is 1.69. The van der Waals surface area contributed by atoms with Crippen LogP contribution in [0.15, 0.2) is 48.8 Å². The van der Waals surface area contributed by atoms with Gasteiger partial charge in [0.1, 0.15) is 11.3 Å². The van der Waals surface area contributed by atoms with Gasteiger partial charge in [-0.25, -0.2) is 0 Å². The van der Waals surface area contributed by atoms with E-state index in [1.807, 2.05) is 36.7 Å². The third kappa shape index (κ3) is 2.41. The van der Waals surface area contributed by atoms with Crippen LogP contribution in [0.2, 0.25) is 0 Å². The second-order valence-electron chi connectivity index (χ2n) is 7.95. The summed E-state index contributed by atoms with van der Waals surface area (Å²) in [5.74, 6) is 1.56. The Morgan fingerprint density at radius 3 is 2.96 bits per heavy atom. The van der Waals surface area contributed by atoms with E-state index in [0.717, 1.165) is 43.7 Å². The molecule has 0 unspecified atom stereocenters. The number of pyridine rings is 1. The number of benzene rings is 1. The van der Waals surface area contributed by atoms with Crippen LogP contribution in [0.3, 0.4) is 0 Å². The number of hydrogen-bond acceptors (Lipinski definition) is 4. The number of ether oxygens (including phenoxy) is 1. The number of hydrogen-bond donors (Lipinski definition) is 0. The van der Waals surface area contributed by atoms with Gasteiger partial charge < -0.3 is 9.64 Å². The molecule has 3 saturated heterocycles. The van der Waals surface area contributed by atoms with Crippen LogP contribution in [0, 0.1) is 5.92 Å². The van der Waals surface area contributed by atoms with Crippen molar-refractivity contribution in [2.24, 2.45) is 5.92 Å². The summed E-state index contributed by atoms with van der Waals surface area (Å²) in [6, 6.07) is 12.5. The number of carbonyl (C=O) groups is 1. The highest BCUT2D eigenvalue weighted by atomic mass is 16.5. The molecule has 0 aliphatic carbocycles. The summed E-state index contributed by atoms with van der Waals surface area (Å²) in [5, 5.41) is 0. The molecule has 27 heavy (non-hydrogen) atoms. The Balaban J connectivity index is 1.43. The van der Waals surface area contributed by atoms with Crippen LogP contribution in [0.25, 0.3) is 0 Å². The first-order valence-electron chi connectivity index (χ1n) is 9.82. The number of nitrogens with zero attached hydrogens (tertiary/aromatic N) is 3. The molecule has 0 bridgehead atoms. The number of carbonyl (C=O) groups excluding carboxylic acids is 1. The van der Waals surface area contributed by atoms with Gasteiger partial charge in [-0.2, -0.15) is 0 Å². The van der Waals surface area contributed by atoms with Crippen molar-refractivity contribution in [1.82, 2.24) is 14.8 Å². The number of methoxy groups -OCH3 is 1. The quantitative estimate of drug-likeness (QED) is 0.838. The number of likely N-dealkylation sites (tertiary alicyclic amines) is 1. The molecule has 1 aromatic carbocycles. The fourth-order valence-corrected chi connectivity index (χ4v) is 5.64. The molecular weight excluding hydrogens is 338 g/mol. The first-order chi connectivity index (χ1) is 13.2. The Morgan fingerprint density at radius 1 is 1.26 bits per heavy atom. The fourth-order valence-electron chi connectivity index (χ4n) is 5.64. The fraction of sp³-hybridized carbons (Fsp3) is 0.455. The normalized spacial score (nSPS) is 29.8. The van der Waals surface area contributed by atoms with Crippen molar-refractivity contribution >= 4 is 5.91 Å². The Kier molecular flexibility index (Phi) is 3.93. The van der Waals surface area contributed by atoms with Crippen LogP contribution in [0.1, 0.15) is 36.4 Å². The number of amides is 1. The van der Waals surface area contributed by atoms with E-state index in [4.69, 9.17) is 4.74 Å². The van der Waals surface area contributed by atoms with Gasteiger partial charge >= 0.3 is 0 Å². The summed E-state index contributed by atoms with van der Waals surface area (Å²) in [6.45, 7) is 2.47. The molecule has 0 saturated carbocycles. The van der Waals surface area contributed by atoms with Crippen LogP contribution < -0.4 is 4.74 Å². The predicted octanol–water partition coefficient (Wildman–Crippen LogP) is 3.03. The van der Waals surface area contributed by atoms with E-state index in [1.54, 1.807) is 7.11 Å². The first kappa shape index (κ1) is 16.8. The van der Waals surface area contributed by atoms with Crippen LogP contribution in [0.5, 0.6) is 5.75 Å². The summed E-state index contributed by atoms with van der Waals surface area (Å²) in [5.41, 5.74) is 2.03. The van der Waals surface area contributed by atoms with Gasteiger partial charge in [-0.1, -0.05) is 24.3 Å². The standard InChI is InChI=1S/C22H25N3O2/c1-27-20-8-3-2-6-17(20)14-24-15-18-12-19(16-7-4-10-23-13-16)25-11-5-9-22(18,25)21(24)26/h2-4,6-8,10,13,18-19H,5,9,11-12,14-15H2,1H3/t18-,19-,22-/m0/s1. The maximum atomic E-state index is 13.6. The highest BCUT2D eigenvalue weighted by Gasteiger charge is 2.65. The summed E-state index contributed by atoms with van der Waals surface area (Å²) < 4.78 is 5.49. The zero-order valence-corrected chi connectivity index (χ0v) is 15.7. The predicted molar refractivity (Wildman–Crippen MR) is 102 cm³/mol. The average Bonchev–Trinajstić information content (AvgIpc) is 3.34. The zero-order chi connectivity index (χ0) is 18.4. The molecule has 0 N–H and O–H groups in total. The highest BCUT2D eigenvalue weighted by molar-refractivity contribution is 5.90. The van der Waals surface area contributed by atoms with Crippen molar-refractivity contribution in [3.8, 4) is 5.75 Å². The Labute approximate surface area is 159 Å². The van der Waals surface area contributed by atoms with E-state index in [2.05, 4.69) is 26.9 Å². The van der Waals surface area contributed by atoms with Gasteiger partial charge in [-0.3, -0.25) is 14.7 Å². The van der Waals surface area contributed by atoms with E-state index in [9.17, 15) is 4.79 Å². The zero-order valence-electron chi connectivity index (χ0n) is 15.7. The molecule has 3 aliphatic heterocycles. The minimum Gasteiger partial charge on any atom is -0.496 e. The summed E-state index contributed by atoms with van der Waals surface area (Å²) in [6.07, 6.45) is 6.91. The molecular formula is C22H25N3O2. The molecule has 5 rings (SSSR count). The third-order valence-electron chi connectivity index (χ3n) is 6.75. The molecule has 1 spiro atoms. The lowest BCUT2D eigenvalue weighted by atomic mass is 9.85. The minimum absolute atomic E-state index is 0.303. The van der Waals surface area contributed by atoms with Crippen molar-refractivity contribution in [3.05, 3.63) is 59.9 Å². The molecule has 3 atom stereocenters. The van der Waals surface area contributed by atoms with Crippen molar-refractivity contribution in [2.45, 2.75) is 37.4 Å². The largest absolute Gasteiger partial charge is 0.496 e. The Hall–Kier alpha value is -2.40. The third-order valence-corrected chi connectivity index (χ3v) is 6.75. The van der Waals surface area contributed by atoms with Crippen molar-refractivity contribution in [1.29, 1.82) is 0 Å². The second-order valence-corrected chi connectivity index (χ2v) is 7.95.